The molecule has 1 atom stereocenters. The third-order valence-corrected chi connectivity index (χ3v) is 8.09. The Balaban J connectivity index is 1.67. The van der Waals surface area contributed by atoms with Gasteiger partial charge in [0, 0.05) is 9.90 Å². The quantitative estimate of drug-likeness (QED) is 0.361. The molecule has 0 aliphatic carbocycles. The van der Waals surface area contributed by atoms with E-state index in [2.05, 4.69) is 4.98 Å². The van der Waals surface area contributed by atoms with E-state index in [1.165, 1.54) is 38.9 Å². The summed E-state index contributed by atoms with van der Waals surface area (Å²) >= 11 is 10.3. The van der Waals surface area contributed by atoms with Crippen LogP contribution in [0.15, 0.2) is 58.5 Å². The van der Waals surface area contributed by atoms with Crippen molar-refractivity contribution in [3.63, 3.8) is 0 Å². The van der Waals surface area contributed by atoms with E-state index < -0.39 is 17.7 Å². The zero-order valence-corrected chi connectivity index (χ0v) is 18.7. The first-order chi connectivity index (χ1) is 14.5. The van der Waals surface area contributed by atoms with E-state index in [1.54, 1.807) is 23.6 Å². The Hall–Kier alpha value is -2.52. The number of thiophene rings is 2. The Morgan fingerprint density at radius 3 is 2.67 bits per heavy atom. The number of aromatic nitrogens is 1. The second-order valence-electron chi connectivity index (χ2n) is 6.73. The number of aliphatic hydroxyl groups is 1. The molecular formula is C21H13ClN2O3S3. The Morgan fingerprint density at radius 1 is 1.20 bits per heavy atom. The molecule has 9 heteroatoms. The highest BCUT2D eigenvalue weighted by molar-refractivity contribution is 7.22. The first-order valence-corrected chi connectivity index (χ1v) is 11.9. The topological polar surface area (TPSA) is 70.5 Å². The minimum absolute atomic E-state index is 0.0818. The number of rotatable bonds is 4. The number of thiazole rings is 1. The van der Waals surface area contributed by atoms with E-state index in [9.17, 15) is 14.7 Å². The highest BCUT2D eigenvalue weighted by atomic mass is 35.5. The fraction of sp³-hybridized carbons (Fsp3) is 0.0952. The van der Waals surface area contributed by atoms with Crippen LogP contribution in [0.5, 0.6) is 0 Å². The van der Waals surface area contributed by atoms with Gasteiger partial charge < -0.3 is 5.11 Å². The van der Waals surface area contributed by atoms with Crippen molar-refractivity contribution in [2.45, 2.75) is 13.0 Å². The average Bonchev–Trinajstić information content (AvgIpc) is 3.50. The second-order valence-corrected chi connectivity index (χ2v) is 10.1. The van der Waals surface area contributed by atoms with Crippen molar-refractivity contribution in [2.75, 3.05) is 4.90 Å². The van der Waals surface area contributed by atoms with Gasteiger partial charge in [0.1, 0.15) is 6.04 Å². The molecule has 0 spiro atoms. The van der Waals surface area contributed by atoms with Crippen molar-refractivity contribution in [3.05, 3.63) is 78.8 Å². The molecule has 150 valence electrons. The summed E-state index contributed by atoms with van der Waals surface area (Å²) in [5, 5.41) is 15.4. The summed E-state index contributed by atoms with van der Waals surface area (Å²) in [4.78, 5) is 33.6. The monoisotopic (exact) mass is 472 g/mol. The molecule has 1 aromatic carbocycles. The molecule has 0 saturated carbocycles. The van der Waals surface area contributed by atoms with E-state index in [4.69, 9.17) is 11.6 Å². The summed E-state index contributed by atoms with van der Waals surface area (Å²) in [6.45, 7) is 1.90. The number of carbonyl (C=O) groups excluding carboxylic acids is 2. The van der Waals surface area contributed by atoms with Gasteiger partial charge in [-0.15, -0.1) is 22.7 Å². The van der Waals surface area contributed by atoms with Crippen LogP contribution < -0.4 is 4.90 Å². The standard InChI is InChI=1S/C21H13ClN2O3S3/c1-10-8-15-12(9-11(10)22)23-21(30-15)24-17(13-4-2-6-28-13)16(19(26)20(24)27)18(25)14-5-3-7-29-14/h2-9,17,26H,1H3. The highest BCUT2D eigenvalue weighted by Gasteiger charge is 2.46. The van der Waals surface area contributed by atoms with E-state index in [1.807, 2.05) is 30.5 Å². The van der Waals surface area contributed by atoms with Crippen LogP contribution in [0.3, 0.4) is 0 Å². The second kappa shape index (κ2) is 7.31. The number of halogens is 1. The Kier molecular flexibility index (Phi) is 4.74. The average molecular weight is 473 g/mol. The predicted molar refractivity (Wildman–Crippen MR) is 122 cm³/mol. The fourth-order valence-corrected chi connectivity index (χ4v) is 6.16. The van der Waals surface area contributed by atoms with Crippen molar-refractivity contribution in [2.24, 2.45) is 0 Å². The molecule has 0 bridgehead atoms. The van der Waals surface area contributed by atoms with Crippen molar-refractivity contribution in [1.82, 2.24) is 4.98 Å². The van der Waals surface area contributed by atoms with Crippen molar-refractivity contribution >= 4 is 72.6 Å². The number of benzene rings is 1. The summed E-state index contributed by atoms with van der Waals surface area (Å²) in [6.07, 6.45) is 0. The first-order valence-electron chi connectivity index (χ1n) is 8.90. The number of nitrogens with zero attached hydrogens (tertiary/aromatic N) is 2. The van der Waals surface area contributed by atoms with Crippen LogP contribution in [0.1, 0.15) is 26.2 Å². The van der Waals surface area contributed by atoms with E-state index in [0.717, 1.165) is 15.1 Å². The van der Waals surface area contributed by atoms with Crippen molar-refractivity contribution in [3.8, 4) is 0 Å². The SMILES string of the molecule is Cc1cc2sc(N3C(=O)C(O)=C(C(=O)c4cccs4)C3c3cccs3)nc2cc1Cl. The number of aryl methyl sites for hydroxylation is 1. The van der Waals surface area contributed by atoms with Crippen molar-refractivity contribution in [1.29, 1.82) is 0 Å². The van der Waals surface area contributed by atoms with Gasteiger partial charge in [-0.25, -0.2) is 4.98 Å². The third kappa shape index (κ3) is 2.99. The van der Waals surface area contributed by atoms with Gasteiger partial charge in [0.15, 0.2) is 10.9 Å². The fourth-order valence-electron chi connectivity index (χ4n) is 3.43. The smallest absolute Gasteiger partial charge is 0.296 e. The number of amides is 1. The van der Waals surface area contributed by atoms with Crippen LogP contribution >= 0.6 is 45.6 Å². The lowest BCUT2D eigenvalue weighted by Gasteiger charge is -2.22. The van der Waals surface area contributed by atoms with Crippen molar-refractivity contribution < 1.29 is 14.7 Å². The minimum atomic E-state index is -0.732. The lowest BCUT2D eigenvalue weighted by atomic mass is 10.0. The van der Waals surface area contributed by atoms with Crippen LogP contribution in [-0.2, 0) is 4.79 Å². The van der Waals surface area contributed by atoms with Gasteiger partial charge in [-0.1, -0.05) is 35.1 Å². The van der Waals surface area contributed by atoms with Gasteiger partial charge in [0.05, 0.1) is 20.7 Å². The summed E-state index contributed by atoms with van der Waals surface area (Å²) in [5.74, 6) is -1.51. The number of carbonyl (C=O) groups is 2. The minimum Gasteiger partial charge on any atom is -0.503 e. The molecule has 1 unspecified atom stereocenters. The molecule has 1 N–H and O–H groups in total. The Bertz CT molecular complexity index is 1280. The molecule has 4 aromatic rings. The van der Waals surface area contributed by atoms with E-state index >= 15 is 0 Å². The third-order valence-electron chi connectivity index (χ3n) is 4.87. The molecular weight excluding hydrogens is 460 g/mol. The van der Waals surface area contributed by atoms with Gasteiger partial charge in [-0.3, -0.25) is 14.5 Å². The van der Waals surface area contributed by atoms with Crippen LogP contribution in [0.4, 0.5) is 5.13 Å². The number of hydrogen-bond acceptors (Lipinski definition) is 7. The van der Waals surface area contributed by atoms with Gasteiger partial charge >= 0.3 is 0 Å². The summed E-state index contributed by atoms with van der Waals surface area (Å²) in [6, 6.07) is 10.1. The zero-order chi connectivity index (χ0) is 21.0. The maximum atomic E-state index is 13.2. The molecule has 1 aliphatic heterocycles. The number of ketones is 1. The zero-order valence-electron chi connectivity index (χ0n) is 15.5. The molecule has 0 radical (unpaired) electrons. The number of fused-ring (bicyclic) bond motifs is 1. The molecule has 0 saturated heterocycles. The summed E-state index contributed by atoms with van der Waals surface area (Å²) in [5.41, 5.74) is 1.66. The van der Waals surface area contributed by atoms with Gasteiger partial charge in [-0.05, 0) is 47.5 Å². The number of hydrogen-bond donors (Lipinski definition) is 1. The maximum Gasteiger partial charge on any atom is 0.296 e. The molecule has 3 aromatic heterocycles. The van der Waals surface area contributed by atoms with E-state index in [0.29, 0.717) is 20.5 Å². The summed E-state index contributed by atoms with van der Waals surface area (Å²) < 4.78 is 0.877. The van der Waals surface area contributed by atoms with Gasteiger partial charge in [0.25, 0.3) is 5.91 Å². The Labute approximate surface area is 188 Å². The lowest BCUT2D eigenvalue weighted by Crippen LogP contribution is -2.30. The van der Waals surface area contributed by atoms with Gasteiger partial charge in [0.2, 0.25) is 5.78 Å². The molecule has 5 nitrogen and oxygen atoms in total. The molecule has 0 fully saturated rings. The number of aliphatic hydroxyl groups excluding tert-OH is 1. The number of anilines is 1. The number of Topliss-reactive ketones (excluding diaryl/α,β-unsaturated/α-hetero) is 1. The van der Waals surface area contributed by atoms with E-state index in [-0.39, 0.29) is 11.4 Å². The van der Waals surface area contributed by atoms with Gasteiger partial charge in [-0.2, -0.15) is 0 Å². The molecule has 1 amide bonds. The largest absolute Gasteiger partial charge is 0.503 e. The molecule has 1 aliphatic rings. The maximum absolute atomic E-state index is 13.2. The molecule has 30 heavy (non-hydrogen) atoms. The predicted octanol–water partition coefficient (Wildman–Crippen LogP) is 6.16. The summed E-state index contributed by atoms with van der Waals surface area (Å²) in [7, 11) is 0. The lowest BCUT2D eigenvalue weighted by molar-refractivity contribution is -0.117. The Morgan fingerprint density at radius 2 is 1.97 bits per heavy atom. The normalized spacial score (nSPS) is 16.8. The first kappa shape index (κ1) is 19.4. The van der Waals surface area contributed by atoms with Crippen LogP contribution in [0.2, 0.25) is 5.02 Å². The van der Waals surface area contributed by atoms with Crippen LogP contribution in [0, 0.1) is 6.92 Å². The molecule has 5 rings (SSSR count). The van der Waals surface area contributed by atoms with Crippen LogP contribution in [0.25, 0.3) is 10.2 Å². The molecule has 4 heterocycles. The highest BCUT2D eigenvalue weighted by Crippen LogP contribution is 2.45. The van der Waals surface area contributed by atoms with Crippen LogP contribution in [-0.4, -0.2) is 21.8 Å².